The van der Waals surface area contributed by atoms with Crippen LogP contribution in [-0.4, -0.2) is 35.6 Å². The molecular formula is C14H16N2O3S. The van der Waals surface area contributed by atoms with Gasteiger partial charge in [0.15, 0.2) is 0 Å². The summed E-state index contributed by atoms with van der Waals surface area (Å²) >= 11 is 1.56. The molecule has 1 aromatic carbocycles. The smallest absolute Gasteiger partial charge is 0.321 e. The van der Waals surface area contributed by atoms with Gasteiger partial charge in [-0.2, -0.15) is 0 Å². The summed E-state index contributed by atoms with van der Waals surface area (Å²) in [5.74, 6) is -1.51. The van der Waals surface area contributed by atoms with E-state index in [9.17, 15) is 9.59 Å². The summed E-state index contributed by atoms with van der Waals surface area (Å²) in [5, 5.41) is 14.7. The second kappa shape index (κ2) is 5.92. The van der Waals surface area contributed by atoms with Gasteiger partial charge >= 0.3 is 12.0 Å². The molecule has 20 heavy (non-hydrogen) atoms. The summed E-state index contributed by atoms with van der Waals surface area (Å²) in [6.45, 7) is 1.74. The fourth-order valence-electron chi connectivity index (χ4n) is 1.87. The number of hydrogen-bond acceptors (Lipinski definition) is 3. The topological polar surface area (TPSA) is 69.6 Å². The Kier molecular flexibility index (Phi) is 4.24. The molecule has 1 unspecified atom stereocenters. The van der Waals surface area contributed by atoms with E-state index in [1.807, 2.05) is 29.6 Å². The normalized spacial score (nSPS) is 12.1. The number of thiophene rings is 1. The monoisotopic (exact) mass is 292 g/mol. The molecule has 6 heteroatoms. The first-order chi connectivity index (χ1) is 9.49. The molecule has 1 aromatic heterocycles. The van der Waals surface area contributed by atoms with Crippen LogP contribution in [0.2, 0.25) is 0 Å². The number of carboxylic acids is 1. The molecule has 2 aromatic rings. The Morgan fingerprint density at radius 3 is 2.85 bits per heavy atom. The average Bonchev–Trinajstić information content (AvgIpc) is 2.87. The van der Waals surface area contributed by atoms with E-state index in [-0.39, 0.29) is 12.6 Å². The Hall–Kier alpha value is -2.08. The number of aliphatic carboxylic acids is 1. The third kappa shape index (κ3) is 3.08. The number of urea groups is 1. The summed E-state index contributed by atoms with van der Waals surface area (Å²) in [7, 11) is 1.59. The molecule has 2 N–H and O–H groups in total. The summed E-state index contributed by atoms with van der Waals surface area (Å²) in [4.78, 5) is 24.2. The van der Waals surface area contributed by atoms with Crippen LogP contribution in [0, 0.1) is 5.92 Å². The molecule has 0 spiro atoms. The number of rotatable bonds is 4. The van der Waals surface area contributed by atoms with Crippen LogP contribution in [0.15, 0.2) is 29.6 Å². The molecule has 0 aliphatic heterocycles. The van der Waals surface area contributed by atoms with Crippen molar-refractivity contribution in [1.82, 2.24) is 4.90 Å². The van der Waals surface area contributed by atoms with Crippen molar-refractivity contribution in [3.05, 3.63) is 29.6 Å². The number of carboxylic acid groups (broad SMARTS) is 1. The Labute approximate surface area is 120 Å². The van der Waals surface area contributed by atoms with E-state index in [1.165, 1.54) is 4.90 Å². The fraction of sp³-hybridized carbons (Fsp3) is 0.286. The Balaban J connectivity index is 2.07. The lowest BCUT2D eigenvalue weighted by atomic mass is 10.2. The van der Waals surface area contributed by atoms with Crippen LogP contribution in [0.1, 0.15) is 6.92 Å². The minimum Gasteiger partial charge on any atom is -0.481 e. The summed E-state index contributed by atoms with van der Waals surface area (Å²) in [6.07, 6.45) is 0. The van der Waals surface area contributed by atoms with E-state index in [2.05, 4.69) is 5.32 Å². The molecule has 0 radical (unpaired) electrons. The van der Waals surface area contributed by atoms with Gasteiger partial charge in [-0.3, -0.25) is 4.79 Å². The van der Waals surface area contributed by atoms with E-state index in [0.717, 1.165) is 15.8 Å². The molecule has 106 valence electrons. The number of nitrogens with zero attached hydrogens (tertiary/aromatic N) is 1. The second-order valence-electron chi connectivity index (χ2n) is 4.69. The maximum atomic E-state index is 12.1. The van der Waals surface area contributed by atoms with Crippen LogP contribution in [0.4, 0.5) is 10.5 Å². The first-order valence-electron chi connectivity index (χ1n) is 6.20. The van der Waals surface area contributed by atoms with Crippen molar-refractivity contribution in [3.8, 4) is 0 Å². The van der Waals surface area contributed by atoms with Gasteiger partial charge in [-0.05, 0) is 22.9 Å². The van der Waals surface area contributed by atoms with Gasteiger partial charge in [-0.15, -0.1) is 11.3 Å². The van der Waals surface area contributed by atoms with E-state index in [1.54, 1.807) is 25.3 Å². The van der Waals surface area contributed by atoms with E-state index in [4.69, 9.17) is 5.11 Å². The Bertz CT molecular complexity index is 638. The van der Waals surface area contributed by atoms with E-state index >= 15 is 0 Å². The molecule has 2 amide bonds. The highest BCUT2D eigenvalue weighted by Crippen LogP contribution is 2.28. The summed E-state index contributed by atoms with van der Waals surface area (Å²) < 4.78 is 1.01. The zero-order valence-corrected chi connectivity index (χ0v) is 12.1. The van der Waals surface area contributed by atoms with Crippen LogP contribution in [-0.2, 0) is 4.79 Å². The highest BCUT2D eigenvalue weighted by Gasteiger charge is 2.17. The molecule has 0 aliphatic rings. The van der Waals surface area contributed by atoms with Gasteiger partial charge in [0.05, 0.1) is 16.3 Å². The molecule has 0 aliphatic carbocycles. The number of benzene rings is 1. The average molecular weight is 292 g/mol. The molecule has 0 bridgehead atoms. The number of carbonyl (C=O) groups is 2. The molecule has 5 nitrogen and oxygen atoms in total. The molecular weight excluding hydrogens is 276 g/mol. The minimum atomic E-state index is -0.912. The lowest BCUT2D eigenvalue weighted by Gasteiger charge is -2.20. The predicted molar refractivity (Wildman–Crippen MR) is 80.3 cm³/mol. The van der Waals surface area contributed by atoms with Crippen LogP contribution in [0.25, 0.3) is 10.1 Å². The Morgan fingerprint density at radius 1 is 1.40 bits per heavy atom. The lowest BCUT2D eigenvalue weighted by Crippen LogP contribution is -2.36. The zero-order valence-electron chi connectivity index (χ0n) is 11.3. The first kappa shape index (κ1) is 14.3. The largest absolute Gasteiger partial charge is 0.481 e. The Morgan fingerprint density at radius 2 is 2.15 bits per heavy atom. The molecule has 0 saturated carbocycles. The SMILES string of the molecule is CC(CN(C)C(=O)Nc1cccc2ccsc12)C(=O)O. The van der Waals surface area contributed by atoms with Gasteiger partial charge in [-0.1, -0.05) is 19.1 Å². The number of anilines is 1. The van der Waals surface area contributed by atoms with Crippen molar-refractivity contribution in [2.75, 3.05) is 18.9 Å². The van der Waals surface area contributed by atoms with Gasteiger partial charge in [0.25, 0.3) is 0 Å². The highest BCUT2D eigenvalue weighted by molar-refractivity contribution is 7.17. The summed E-state index contributed by atoms with van der Waals surface area (Å²) in [5.41, 5.74) is 0.748. The van der Waals surface area contributed by atoms with Crippen molar-refractivity contribution in [2.24, 2.45) is 5.92 Å². The molecule has 0 saturated heterocycles. The van der Waals surface area contributed by atoms with Gasteiger partial charge in [-0.25, -0.2) is 4.79 Å². The number of hydrogen-bond donors (Lipinski definition) is 2. The predicted octanol–water partition coefficient (Wildman–Crippen LogP) is 3.09. The van der Waals surface area contributed by atoms with Crippen LogP contribution >= 0.6 is 11.3 Å². The molecule has 1 atom stereocenters. The fourth-order valence-corrected chi connectivity index (χ4v) is 2.74. The van der Waals surface area contributed by atoms with Gasteiger partial charge in [0.1, 0.15) is 0 Å². The van der Waals surface area contributed by atoms with Crippen LogP contribution in [0.3, 0.4) is 0 Å². The third-order valence-corrected chi connectivity index (χ3v) is 4.00. The standard InChI is InChI=1S/C14H16N2O3S/c1-9(13(17)18)8-16(2)14(19)15-11-5-3-4-10-6-7-20-12(10)11/h3-7,9H,8H2,1-2H3,(H,15,19)(H,17,18). The van der Waals surface area contributed by atoms with Crippen molar-refractivity contribution in [2.45, 2.75) is 6.92 Å². The van der Waals surface area contributed by atoms with Crippen molar-refractivity contribution < 1.29 is 14.7 Å². The quantitative estimate of drug-likeness (QED) is 0.909. The van der Waals surface area contributed by atoms with Gasteiger partial charge < -0.3 is 15.3 Å². The third-order valence-electron chi connectivity index (χ3n) is 3.04. The highest BCUT2D eigenvalue weighted by atomic mass is 32.1. The van der Waals surface area contributed by atoms with Crippen molar-refractivity contribution in [3.63, 3.8) is 0 Å². The van der Waals surface area contributed by atoms with Gasteiger partial charge in [0, 0.05) is 13.6 Å². The van der Waals surface area contributed by atoms with Crippen molar-refractivity contribution >= 4 is 39.1 Å². The number of amides is 2. The number of carbonyl (C=O) groups excluding carboxylic acids is 1. The van der Waals surface area contributed by atoms with Crippen molar-refractivity contribution in [1.29, 1.82) is 0 Å². The molecule has 1 heterocycles. The first-order valence-corrected chi connectivity index (χ1v) is 7.08. The number of fused-ring (bicyclic) bond motifs is 1. The second-order valence-corrected chi connectivity index (χ2v) is 5.61. The lowest BCUT2D eigenvalue weighted by molar-refractivity contribution is -0.141. The maximum absolute atomic E-state index is 12.1. The number of nitrogens with one attached hydrogen (secondary N) is 1. The minimum absolute atomic E-state index is 0.168. The molecule has 2 rings (SSSR count). The maximum Gasteiger partial charge on any atom is 0.321 e. The summed E-state index contributed by atoms with van der Waals surface area (Å²) in [6, 6.07) is 7.39. The zero-order chi connectivity index (χ0) is 14.7. The van der Waals surface area contributed by atoms with Crippen LogP contribution < -0.4 is 5.32 Å². The molecule has 0 fully saturated rings. The van der Waals surface area contributed by atoms with Gasteiger partial charge in [0.2, 0.25) is 0 Å². The van der Waals surface area contributed by atoms with Crippen LogP contribution in [0.5, 0.6) is 0 Å². The van der Waals surface area contributed by atoms with E-state index < -0.39 is 11.9 Å². The van der Waals surface area contributed by atoms with E-state index in [0.29, 0.717) is 0 Å².